The fraction of sp³-hybridized carbons (Fsp3) is 0. The molecule has 12 heavy (non-hydrogen) atoms. The van der Waals surface area contributed by atoms with Crippen molar-refractivity contribution in [2.75, 3.05) is 5.73 Å². The third-order valence-electron chi connectivity index (χ3n) is 1.77. The summed E-state index contributed by atoms with van der Waals surface area (Å²) in [6.45, 7) is 0. The lowest BCUT2D eigenvalue weighted by atomic mass is 10.2. The number of nitrogen functional groups attached to an aromatic ring is 1. The highest BCUT2D eigenvalue weighted by Crippen LogP contribution is 2.22. The molecule has 0 aliphatic carbocycles. The van der Waals surface area contributed by atoms with E-state index in [9.17, 15) is 0 Å². The maximum absolute atomic E-state index is 5.70. The second-order valence-electron chi connectivity index (χ2n) is 2.50. The number of hydrogen-bond acceptors (Lipinski definition) is 2. The summed E-state index contributed by atoms with van der Waals surface area (Å²) in [4.78, 5) is 6.95. The Hall–Kier alpha value is -1.95. The van der Waals surface area contributed by atoms with Crippen molar-refractivity contribution >= 4 is 16.6 Å². The smallest absolute Gasteiger partial charge is 0.0674 e. The van der Waals surface area contributed by atoms with Crippen LogP contribution in [-0.2, 0) is 0 Å². The van der Waals surface area contributed by atoms with Crippen molar-refractivity contribution in [3.8, 4) is 12.3 Å². The molecular weight excluding hydrogens is 150 g/mol. The summed E-state index contributed by atoms with van der Waals surface area (Å²) in [5.41, 5.74) is 7.97. The van der Waals surface area contributed by atoms with Gasteiger partial charge in [-0.05, 0) is 0 Å². The van der Waals surface area contributed by atoms with Crippen molar-refractivity contribution in [2.45, 2.75) is 0 Å². The molecule has 0 bridgehead atoms. The molecule has 0 unspecified atom stereocenters. The Morgan fingerprint density at radius 1 is 1.50 bits per heavy atom. The molecule has 0 radical (unpaired) electrons. The molecule has 2 heterocycles. The van der Waals surface area contributed by atoms with Crippen molar-refractivity contribution in [3.05, 3.63) is 24.2 Å². The zero-order valence-electron chi connectivity index (χ0n) is 6.33. The largest absolute Gasteiger partial charge is 0.397 e. The number of terminal acetylenes is 1. The van der Waals surface area contributed by atoms with E-state index < -0.39 is 0 Å². The topological polar surface area (TPSA) is 54.7 Å². The van der Waals surface area contributed by atoms with Crippen LogP contribution in [0, 0.1) is 12.3 Å². The number of rotatable bonds is 0. The van der Waals surface area contributed by atoms with Crippen LogP contribution in [0.4, 0.5) is 5.69 Å². The molecule has 0 aliphatic heterocycles. The molecule has 0 amide bonds. The summed E-state index contributed by atoms with van der Waals surface area (Å²) in [5, 5.41) is 0.882. The number of nitrogens with one attached hydrogen (secondary N) is 1. The van der Waals surface area contributed by atoms with E-state index in [1.807, 2.05) is 0 Å². The van der Waals surface area contributed by atoms with Crippen molar-refractivity contribution in [2.24, 2.45) is 0 Å². The molecule has 2 aromatic heterocycles. The van der Waals surface area contributed by atoms with Gasteiger partial charge >= 0.3 is 0 Å². The van der Waals surface area contributed by atoms with Crippen molar-refractivity contribution in [1.29, 1.82) is 0 Å². The van der Waals surface area contributed by atoms with Gasteiger partial charge in [0.15, 0.2) is 0 Å². The fourth-order valence-electron chi connectivity index (χ4n) is 1.22. The molecule has 0 aliphatic rings. The van der Waals surface area contributed by atoms with Crippen LogP contribution in [0.25, 0.3) is 10.9 Å². The highest BCUT2D eigenvalue weighted by Gasteiger charge is 2.03. The Kier molecular flexibility index (Phi) is 1.28. The summed E-state index contributed by atoms with van der Waals surface area (Å²) in [5.74, 6) is 2.53. The van der Waals surface area contributed by atoms with E-state index in [4.69, 9.17) is 12.2 Å². The Morgan fingerprint density at radius 3 is 3.08 bits per heavy atom. The Balaban J connectivity index is 2.96. The number of anilines is 1. The summed E-state index contributed by atoms with van der Waals surface area (Å²) >= 11 is 0. The van der Waals surface area contributed by atoms with Crippen LogP contribution >= 0.6 is 0 Å². The van der Waals surface area contributed by atoms with Gasteiger partial charge in [0, 0.05) is 17.8 Å². The minimum Gasteiger partial charge on any atom is -0.397 e. The van der Waals surface area contributed by atoms with E-state index in [1.54, 1.807) is 18.6 Å². The predicted octanol–water partition coefficient (Wildman–Crippen LogP) is 1.13. The molecule has 0 atom stereocenters. The van der Waals surface area contributed by atoms with Gasteiger partial charge in [0.25, 0.3) is 0 Å². The molecule has 2 aromatic rings. The van der Waals surface area contributed by atoms with Crippen LogP contribution in [0.5, 0.6) is 0 Å². The maximum atomic E-state index is 5.70. The van der Waals surface area contributed by atoms with Crippen molar-refractivity contribution in [1.82, 2.24) is 9.97 Å². The number of pyridine rings is 1. The van der Waals surface area contributed by atoms with E-state index in [0.717, 1.165) is 16.5 Å². The molecule has 2 rings (SSSR count). The van der Waals surface area contributed by atoms with Gasteiger partial charge in [-0.25, -0.2) is 0 Å². The van der Waals surface area contributed by atoms with Gasteiger partial charge < -0.3 is 10.7 Å². The predicted molar refractivity (Wildman–Crippen MR) is 48.4 cm³/mol. The van der Waals surface area contributed by atoms with E-state index in [-0.39, 0.29) is 0 Å². The highest BCUT2D eigenvalue weighted by molar-refractivity contribution is 5.95. The first-order valence-electron chi connectivity index (χ1n) is 3.50. The van der Waals surface area contributed by atoms with Gasteiger partial charge in [-0.3, -0.25) is 4.98 Å². The summed E-state index contributed by atoms with van der Waals surface area (Å²) in [6.07, 6.45) is 10.3. The zero-order valence-corrected chi connectivity index (χ0v) is 6.33. The van der Waals surface area contributed by atoms with Crippen molar-refractivity contribution in [3.63, 3.8) is 0 Å². The monoisotopic (exact) mass is 157 g/mol. The minimum atomic E-state index is 0.667. The number of nitrogens with two attached hydrogens (primary N) is 1. The Morgan fingerprint density at radius 2 is 2.33 bits per heavy atom. The normalized spacial score (nSPS) is 9.92. The first-order chi connectivity index (χ1) is 5.83. The fourth-order valence-corrected chi connectivity index (χ4v) is 1.22. The lowest BCUT2D eigenvalue weighted by molar-refractivity contribution is 1.33. The number of aromatic amines is 1. The highest BCUT2D eigenvalue weighted by atomic mass is 14.8. The average molecular weight is 157 g/mol. The van der Waals surface area contributed by atoms with Gasteiger partial charge in [0.2, 0.25) is 0 Å². The third-order valence-corrected chi connectivity index (χ3v) is 1.77. The number of nitrogens with zero attached hydrogens (tertiary/aromatic N) is 1. The summed E-state index contributed by atoms with van der Waals surface area (Å²) in [6, 6.07) is 0. The molecule has 0 spiro atoms. The minimum absolute atomic E-state index is 0.667. The number of aromatic nitrogens is 2. The molecular formula is C9H7N3. The second kappa shape index (κ2) is 2.28. The number of hydrogen-bond donors (Lipinski definition) is 2. The molecule has 3 N–H and O–H groups in total. The molecule has 0 saturated carbocycles. The second-order valence-corrected chi connectivity index (χ2v) is 2.50. The molecule has 58 valence electrons. The summed E-state index contributed by atoms with van der Waals surface area (Å²) < 4.78 is 0. The van der Waals surface area contributed by atoms with Crippen LogP contribution in [0.2, 0.25) is 0 Å². The van der Waals surface area contributed by atoms with Gasteiger partial charge in [-0.2, -0.15) is 0 Å². The lowest BCUT2D eigenvalue weighted by Gasteiger charge is -1.93. The van der Waals surface area contributed by atoms with Crippen LogP contribution in [0.15, 0.2) is 18.6 Å². The zero-order chi connectivity index (χ0) is 8.55. The average Bonchev–Trinajstić information content (AvgIpc) is 2.48. The van der Waals surface area contributed by atoms with Crippen molar-refractivity contribution < 1.29 is 0 Å². The quantitative estimate of drug-likeness (QED) is 0.563. The molecule has 0 saturated heterocycles. The Labute approximate surface area is 69.6 Å². The maximum Gasteiger partial charge on any atom is 0.0674 e. The van der Waals surface area contributed by atoms with Gasteiger partial charge in [-0.15, -0.1) is 6.42 Å². The van der Waals surface area contributed by atoms with E-state index in [2.05, 4.69) is 15.9 Å². The van der Waals surface area contributed by atoms with E-state index in [0.29, 0.717) is 5.69 Å². The summed E-state index contributed by atoms with van der Waals surface area (Å²) in [7, 11) is 0. The Bertz CT molecular complexity index is 462. The van der Waals surface area contributed by atoms with E-state index in [1.165, 1.54) is 0 Å². The molecule has 0 fully saturated rings. The molecule has 3 heteroatoms. The SMILES string of the molecule is C#Cc1cncc2[nH]cc(N)c12. The standard InChI is InChI=1S/C9H7N3/c1-2-6-3-11-5-8-9(6)7(10)4-12-8/h1,3-5,12H,10H2. The van der Waals surface area contributed by atoms with Gasteiger partial charge in [-0.1, -0.05) is 5.92 Å². The third kappa shape index (κ3) is 0.753. The number of H-pyrrole nitrogens is 1. The number of fused-ring (bicyclic) bond motifs is 1. The van der Waals surface area contributed by atoms with Crippen LogP contribution in [0.1, 0.15) is 5.56 Å². The van der Waals surface area contributed by atoms with Gasteiger partial charge in [0.1, 0.15) is 0 Å². The molecule has 3 nitrogen and oxygen atoms in total. The molecule has 0 aromatic carbocycles. The van der Waals surface area contributed by atoms with Crippen LogP contribution in [-0.4, -0.2) is 9.97 Å². The lowest BCUT2D eigenvalue weighted by Crippen LogP contribution is -1.85. The first kappa shape index (κ1) is 6.74. The van der Waals surface area contributed by atoms with Gasteiger partial charge in [0.05, 0.1) is 23.0 Å². The van der Waals surface area contributed by atoms with Crippen LogP contribution < -0.4 is 5.73 Å². The first-order valence-corrected chi connectivity index (χ1v) is 3.50. The van der Waals surface area contributed by atoms with Crippen LogP contribution in [0.3, 0.4) is 0 Å². The van der Waals surface area contributed by atoms with E-state index >= 15 is 0 Å².